The van der Waals surface area contributed by atoms with E-state index in [9.17, 15) is 10.2 Å². The highest BCUT2D eigenvalue weighted by molar-refractivity contribution is 4.66. The van der Waals surface area contributed by atoms with Crippen molar-refractivity contribution < 1.29 is 14.9 Å². The van der Waals surface area contributed by atoms with Crippen molar-refractivity contribution in [3.8, 4) is 0 Å². The molecule has 0 fully saturated rings. The summed E-state index contributed by atoms with van der Waals surface area (Å²) < 4.78 is 5.85. The molecule has 3 nitrogen and oxygen atoms in total. The fourth-order valence-electron chi connectivity index (χ4n) is 1.67. The predicted octanol–water partition coefficient (Wildman–Crippen LogP) is 2.10. The highest BCUT2D eigenvalue weighted by Gasteiger charge is 2.17. The molecule has 0 aromatic carbocycles. The predicted molar refractivity (Wildman–Crippen MR) is 61.8 cm³/mol. The summed E-state index contributed by atoms with van der Waals surface area (Å²) in [6.45, 7) is 7.67. The minimum atomic E-state index is -0.320. The van der Waals surface area contributed by atoms with Gasteiger partial charge in [-0.2, -0.15) is 0 Å². The minimum absolute atomic E-state index is 0.105. The number of aliphatic hydroxyl groups is 2. The van der Waals surface area contributed by atoms with Gasteiger partial charge in [-0.1, -0.05) is 13.8 Å². The van der Waals surface area contributed by atoms with E-state index in [4.69, 9.17) is 4.74 Å². The van der Waals surface area contributed by atoms with Gasteiger partial charge >= 0.3 is 0 Å². The Morgan fingerprint density at radius 3 is 1.40 bits per heavy atom. The monoisotopic (exact) mass is 218 g/mol. The minimum Gasteiger partial charge on any atom is -0.393 e. The Morgan fingerprint density at radius 1 is 0.867 bits per heavy atom. The van der Waals surface area contributed by atoms with E-state index in [1.807, 2.05) is 0 Å². The van der Waals surface area contributed by atoms with E-state index in [0.29, 0.717) is 12.8 Å². The van der Waals surface area contributed by atoms with Crippen LogP contribution in [0.25, 0.3) is 0 Å². The van der Waals surface area contributed by atoms with E-state index in [-0.39, 0.29) is 24.4 Å². The molecule has 0 aliphatic heterocycles. The van der Waals surface area contributed by atoms with Crippen molar-refractivity contribution in [1.29, 1.82) is 0 Å². The number of ether oxygens (including phenoxy) is 1. The van der Waals surface area contributed by atoms with E-state index >= 15 is 0 Å². The summed E-state index contributed by atoms with van der Waals surface area (Å²) in [6, 6.07) is 0. The van der Waals surface area contributed by atoms with E-state index in [1.165, 1.54) is 0 Å². The molecule has 0 amide bonds. The summed E-state index contributed by atoms with van der Waals surface area (Å²) in [5.74, 6) is 0. The third kappa shape index (κ3) is 7.77. The van der Waals surface area contributed by atoms with Gasteiger partial charge < -0.3 is 14.9 Å². The molecule has 0 heterocycles. The van der Waals surface area contributed by atoms with Crippen LogP contribution in [0.15, 0.2) is 0 Å². The van der Waals surface area contributed by atoms with Crippen molar-refractivity contribution in [3.05, 3.63) is 0 Å². The highest BCUT2D eigenvalue weighted by Crippen LogP contribution is 2.15. The maximum Gasteiger partial charge on any atom is 0.0600 e. The molecule has 0 aliphatic carbocycles. The average Bonchev–Trinajstić information content (AvgIpc) is 2.14. The van der Waals surface area contributed by atoms with Gasteiger partial charge in [0.2, 0.25) is 0 Å². The topological polar surface area (TPSA) is 49.7 Å². The van der Waals surface area contributed by atoms with E-state index in [0.717, 1.165) is 12.8 Å². The van der Waals surface area contributed by atoms with E-state index in [1.54, 1.807) is 13.8 Å². The molecule has 0 aliphatic rings. The zero-order chi connectivity index (χ0) is 11.8. The Morgan fingerprint density at radius 2 is 1.20 bits per heavy atom. The first kappa shape index (κ1) is 14.9. The Labute approximate surface area is 93.5 Å². The van der Waals surface area contributed by atoms with Crippen LogP contribution in [0.3, 0.4) is 0 Å². The molecule has 2 N–H and O–H groups in total. The molecule has 0 rings (SSSR count). The van der Waals surface area contributed by atoms with Crippen LogP contribution in [0.1, 0.15) is 53.4 Å². The molecule has 0 aromatic heterocycles. The second kappa shape index (κ2) is 8.08. The van der Waals surface area contributed by atoms with E-state index in [2.05, 4.69) is 13.8 Å². The lowest BCUT2D eigenvalue weighted by Crippen LogP contribution is -2.27. The zero-order valence-electron chi connectivity index (χ0n) is 10.4. The molecule has 15 heavy (non-hydrogen) atoms. The standard InChI is InChI=1S/C12H26O3/c1-5-11(7-9(3)13)15-12(6-2)8-10(4)14/h9-14H,5-8H2,1-4H3. The zero-order valence-corrected chi connectivity index (χ0v) is 10.4. The summed E-state index contributed by atoms with van der Waals surface area (Å²) in [5, 5.41) is 18.6. The van der Waals surface area contributed by atoms with Crippen LogP contribution in [-0.4, -0.2) is 34.6 Å². The van der Waals surface area contributed by atoms with Crippen molar-refractivity contribution in [2.45, 2.75) is 77.8 Å². The van der Waals surface area contributed by atoms with Gasteiger partial charge in [-0.05, 0) is 39.5 Å². The Kier molecular flexibility index (Phi) is 8.02. The lowest BCUT2D eigenvalue weighted by Gasteiger charge is -2.25. The Hall–Kier alpha value is -0.120. The molecular formula is C12H26O3. The lowest BCUT2D eigenvalue weighted by atomic mass is 10.1. The molecule has 0 bridgehead atoms. The fourth-order valence-corrected chi connectivity index (χ4v) is 1.67. The van der Waals surface area contributed by atoms with Gasteiger partial charge in [0, 0.05) is 0 Å². The molecule has 0 aromatic rings. The van der Waals surface area contributed by atoms with Crippen LogP contribution in [0, 0.1) is 0 Å². The first-order valence-electron chi connectivity index (χ1n) is 6.01. The third-order valence-electron chi connectivity index (χ3n) is 2.50. The third-order valence-corrected chi connectivity index (χ3v) is 2.50. The van der Waals surface area contributed by atoms with E-state index < -0.39 is 0 Å². The maximum atomic E-state index is 9.29. The average molecular weight is 218 g/mol. The smallest absolute Gasteiger partial charge is 0.0600 e. The number of hydrogen-bond acceptors (Lipinski definition) is 3. The van der Waals surface area contributed by atoms with Crippen LogP contribution in [0.2, 0.25) is 0 Å². The number of aliphatic hydroxyl groups excluding tert-OH is 2. The van der Waals surface area contributed by atoms with Crippen LogP contribution >= 0.6 is 0 Å². The van der Waals surface area contributed by atoms with Crippen molar-refractivity contribution in [1.82, 2.24) is 0 Å². The van der Waals surface area contributed by atoms with Crippen LogP contribution in [0.4, 0.5) is 0 Å². The first-order valence-corrected chi connectivity index (χ1v) is 6.01. The lowest BCUT2D eigenvalue weighted by molar-refractivity contribution is -0.0528. The number of rotatable bonds is 8. The fraction of sp³-hybridized carbons (Fsp3) is 1.00. The van der Waals surface area contributed by atoms with Gasteiger partial charge in [0.1, 0.15) is 0 Å². The largest absolute Gasteiger partial charge is 0.393 e. The molecule has 0 saturated heterocycles. The van der Waals surface area contributed by atoms with Gasteiger partial charge in [0.15, 0.2) is 0 Å². The van der Waals surface area contributed by atoms with Crippen LogP contribution in [0.5, 0.6) is 0 Å². The Balaban J connectivity index is 3.99. The van der Waals surface area contributed by atoms with Crippen LogP contribution in [-0.2, 0) is 4.74 Å². The maximum absolute atomic E-state index is 9.29. The molecule has 92 valence electrons. The molecule has 4 unspecified atom stereocenters. The highest BCUT2D eigenvalue weighted by atomic mass is 16.5. The van der Waals surface area contributed by atoms with Crippen LogP contribution < -0.4 is 0 Å². The number of hydrogen-bond donors (Lipinski definition) is 2. The van der Waals surface area contributed by atoms with Gasteiger partial charge in [-0.25, -0.2) is 0 Å². The molecule has 0 saturated carbocycles. The molecular weight excluding hydrogens is 192 g/mol. The molecule has 0 spiro atoms. The molecule has 3 heteroatoms. The normalized spacial score (nSPS) is 19.6. The van der Waals surface area contributed by atoms with Gasteiger partial charge in [0.05, 0.1) is 24.4 Å². The van der Waals surface area contributed by atoms with Crippen molar-refractivity contribution in [2.24, 2.45) is 0 Å². The van der Waals surface area contributed by atoms with Crippen molar-refractivity contribution in [2.75, 3.05) is 0 Å². The summed E-state index contributed by atoms with van der Waals surface area (Å²) in [4.78, 5) is 0. The summed E-state index contributed by atoms with van der Waals surface area (Å²) >= 11 is 0. The van der Waals surface area contributed by atoms with Gasteiger partial charge in [0.25, 0.3) is 0 Å². The van der Waals surface area contributed by atoms with Crippen molar-refractivity contribution >= 4 is 0 Å². The van der Waals surface area contributed by atoms with Gasteiger partial charge in [-0.15, -0.1) is 0 Å². The molecule has 0 radical (unpaired) electrons. The summed E-state index contributed by atoms with van der Waals surface area (Å²) in [5.41, 5.74) is 0. The quantitative estimate of drug-likeness (QED) is 0.656. The van der Waals surface area contributed by atoms with Gasteiger partial charge in [-0.3, -0.25) is 0 Å². The molecule has 4 atom stereocenters. The Bertz CT molecular complexity index is 130. The van der Waals surface area contributed by atoms with Crippen molar-refractivity contribution in [3.63, 3.8) is 0 Å². The second-order valence-corrected chi connectivity index (χ2v) is 4.37. The second-order valence-electron chi connectivity index (χ2n) is 4.37. The SMILES string of the molecule is CCC(CC(C)O)OC(CC)CC(C)O. The summed E-state index contributed by atoms with van der Waals surface area (Å²) in [7, 11) is 0. The summed E-state index contributed by atoms with van der Waals surface area (Å²) in [6.07, 6.45) is 2.72. The first-order chi connectivity index (χ1) is 6.99.